The predicted molar refractivity (Wildman–Crippen MR) is 90.3 cm³/mol. The van der Waals surface area contributed by atoms with Crippen LogP contribution in [0.25, 0.3) is 5.69 Å². The number of rotatable bonds is 6. The van der Waals surface area contributed by atoms with E-state index in [1.165, 1.54) is 23.0 Å². The third kappa shape index (κ3) is 3.77. The molecule has 0 unspecified atom stereocenters. The van der Waals surface area contributed by atoms with E-state index in [9.17, 15) is 14.9 Å². The zero-order chi connectivity index (χ0) is 17.9. The van der Waals surface area contributed by atoms with E-state index in [1.807, 2.05) is 32.8 Å². The first-order chi connectivity index (χ1) is 11.2. The normalized spacial score (nSPS) is 11.5. The molecule has 1 aromatic carbocycles. The molecular weight excluding hydrogens is 310 g/mol. The van der Waals surface area contributed by atoms with Crippen LogP contribution in [0.3, 0.4) is 0 Å². The predicted octanol–water partition coefficient (Wildman–Crippen LogP) is 1.85. The van der Waals surface area contributed by atoms with Crippen LogP contribution in [0, 0.1) is 10.1 Å². The summed E-state index contributed by atoms with van der Waals surface area (Å²) in [5.74, 6) is -0.317. The summed E-state index contributed by atoms with van der Waals surface area (Å²) in [5.41, 5.74) is 0.260. The van der Waals surface area contributed by atoms with Crippen LogP contribution in [0.1, 0.15) is 24.3 Å². The molecular formula is C16H21N5O3. The van der Waals surface area contributed by atoms with E-state index >= 15 is 0 Å². The molecule has 1 heterocycles. The SMILES string of the molecule is CN(C)C(C)(C)CNC(=O)c1ccn(-c2ccccc2[N+](=O)[O-])n1. The number of likely N-dealkylation sites (N-methyl/N-ethyl adjacent to an activating group) is 1. The zero-order valence-electron chi connectivity index (χ0n) is 14.2. The molecule has 0 saturated carbocycles. The highest BCUT2D eigenvalue weighted by Gasteiger charge is 2.22. The number of hydrogen-bond donors (Lipinski definition) is 1. The quantitative estimate of drug-likeness (QED) is 0.644. The summed E-state index contributed by atoms with van der Waals surface area (Å²) in [7, 11) is 3.88. The maximum absolute atomic E-state index is 12.2. The van der Waals surface area contributed by atoms with Gasteiger partial charge in [-0.1, -0.05) is 12.1 Å². The first-order valence-electron chi connectivity index (χ1n) is 7.47. The molecule has 1 aromatic heterocycles. The number of amides is 1. The van der Waals surface area contributed by atoms with Crippen LogP contribution in [0.2, 0.25) is 0 Å². The molecule has 128 valence electrons. The molecule has 0 aliphatic rings. The minimum atomic E-state index is -0.476. The molecule has 0 atom stereocenters. The molecule has 2 rings (SSSR count). The second kappa shape index (κ2) is 6.79. The van der Waals surface area contributed by atoms with Crippen molar-refractivity contribution in [3.8, 4) is 5.69 Å². The van der Waals surface area contributed by atoms with Crippen molar-refractivity contribution in [2.45, 2.75) is 19.4 Å². The van der Waals surface area contributed by atoms with Gasteiger partial charge < -0.3 is 10.2 Å². The number of nitro groups is 1. The Morgan fingerprint density at radius 1 is 1.33 bits per heavy atom. The second-order valence-electron chi connectivity index (χ2n) is 6.28. The van der Waals surface area contributed by atoms with Crippen molar-refractivity contribution in [1.29, 1.82) is 0 Å². The van der Waals surface area contributed by atoms with Gasteiger partial charge in [0.1, 0.15) is 5.69 Å². The van der Waals surface area contributed by atoms with Crippen LogP contribution >= 0.6 is 0 Å². The maximum Gasteiger partial charge on any atom is 0.294 e. The Balaban J connectivity index is 2.17. The van der Waals surface area contributed by atoms with E-state index in [2.05, 4.69) is 10.4 Å². The molecule has 2 aromatic rings. The molecule has 1 N–H and O–H groups in total. The third-order valence-corrected chi connectivity index (χ3v) is 4.04. The molecule has 0 radical (unpaired) electrons. The standard InChI is InChI=1S/C16H21N5O3/c1-16(2,19(3)4)11-17-15(22)12-9-10-20(18-12)13-7-5-6-8-14(13)21(23)24/h5-10H,11H2,1-4H3,(H,17,22). The van der Waals surface area contributed by atoms with Crippen LogP contribution in [0.5, 0.6) is 0 Å². The molecule has 8 heteroatoms. The minimum Gasteiger partial charge on any atom is -0.349 e. The monoisotopic (exact) mass is 331 g/mol. The lowest BCUT2D eigenvalue weighted by atomic mass is 10.0. The fraction of sp³-hybridized carbons (Fsp3) is 0.375. The number of nitrogens with one attached hydrogen (secondary N) is 1. The highest BCUT2D eigenvalue weighted by Crippen LogP contribution is 2.21. The van der Waals surface area contributed by atoms with Gasteiger partial charge in [-0.2, -0.15) is 5.10 Å². The first-order valence-corrected chi connectivity index (χ1v) is 7.47. The van der Waals surface area contributed by atoms with Crippen molar-refractivity contribution in [3.63, 3.8) is 0 Å². The summed E-state index contributed by atoms with van der Waals surface area (Å²) in [5, 5.41) is 18.1. The zero-order valence-corrected chi connectivity index (χ0v) is 14.2. The molecule has 0 spiro atoms. The Morgan fingerprint density at radius 2 is 2.00 bits per heavy atom. The number of hydrogen-bond acceptors (Lipinski definition) is 5. The van der Waals surface area contributed by atoms with E-state index in [0.29, 0.717) is 12.2 Å². The summed E-state index contributed by atoms with van der Waals surface area (Å²) < 4.78 is 1.34. The van der Waals surface area contributed by atoms with E-state index in [0.717, 1.165) is 0 Å². The number of aromatic nitrogens is 2. The van der Waals surface area contributed by atoms with Crippen LogP contribution < -0.4 is 5.32 Å². The lowest BCUT2D eigenvalue weighted by Gasteiger charge is -2.32. The van der Waals surface area contributed by atoms with Crippen molar-refractivity contribution in [1.82, 2.24) is 20.0 Å². The molecule has 24 heavy (non-hydrogen) atoms. The molecule has 0 aliphatic heterocycles. The van der Waals surface area contributed by atoms with Crippen LogP contribution in [0.4, 0.5) is 5.69 Å². The van der Waals surface area contributed by atoms with Gasteiger partial charge in [0.15, 0.2) is 5.69 Å². The highest BCUT2D eigenvalue weighted by atomic mass is 16.6. The Bertz CT molecular complexity index is 752. The van der Waals surface area contributed by atoms with Crippen molar-refractivity contribution >= 4 is 11.6 Å². The van der Waals surface area contributed by atoms with Crippen molar-refractivity contribution < 1.29 is 9.72 Å². The van der Waals surface area contributed by atoms with Gasteiger partial charge >= 0.3 is 0 Å². The Labute approximate surface area is 140 Å². The molecule has 8 nitrogen and oxygen atoms in total. The summed E-state index contributed by atoms with van der Waals surface area (Å²) in [6.45, 7) is 4.48. The number of nitro benzene ring substituents is 1. The van der Waals surface area contributed by atoms with Gasteiger partial charge in [-0.25, -0.2) is 4.68 Å². The van der Waals surface area contributed by atoms with Gasteiger partial charge in [-0.05, 0) is 40.1 Å². The largest absolute Gasteiger partial charge is 0.349 e. The number of nitrogens with zero attached hydrogens (tertiary/aromatic N) is 4. The Hall–Kier alpha value is -2.74. The number of para-hydroxylation sites is 2. The van der Waals surface area contributed by atoms with Gasteiger partial charge in [-0.15, -0.1) is 0 Å². The van der Waals surface area contributed by atoms with Crippen LogP contribution in [-0.4, -0.2) is 51.7 Å². The maximum atomic E-state index is 12.2. The summed E-state index contributed by atoms with van der Waals surface area (Å²) >= 11 is 0. The fourth-order valence-corrected chi connectivity index (χ4v) is 1.94. The van der Waals surface area contributed by atoms with Gasteiger partial charge in [0, 0.05) is 24.3 Å². The Kier molecular flexibility index (Phi) is 4.99. The number of benzene rings is 1. The molecule has 0 bridgehead atoms. The van der Waals surface area contributed by atoms with E-state index in [-0.39, 0.29) is 22.8 Å². The van der Waals surface area contributed by atoms with Gasteiger partial charge in [0.25, 0.3) is 11.6 Å². The summed E-state index contributed by atoms with van der Waals surface area (Å²) in [6.07, 6.45) is 1.54. The van der Waals surface area contributed by atoms with Gasteiger partial charge in [0.05, 0.1) is 4.92 Å². The van der Waals surface area contributed by atoms with Crippen molar-refractivity contribution in [2.75, 3.05) is 20.6 Å². The Morgan fingerprint density at radius 3 is 2.62 bits per heavy atom. The van der Waals surface area contributed by atoms with E-state index < -0.39 is 4.92 Å². The van der Waals surface area contributed by atoms with Crippen molar-refractivity contribution in [2.24, 2.45) is 0 Å². The number of carbonyl (C=O) groups is 1. The molecule has 0 saturated heterocycles. The minimum absolute atomic E-state index is 0.0682. The average Bonchev–Trinajstić information content (AvgIpc) is 3.02. The smallest absolute Gasteiger partial charge is 0.294 e. The lowest BCUT2D eigenvalue weighted by molar-refractivity contribution is -0.384. The van der Waals surface area contributed by atoms with Crippen LogP contribution in [-0.2, 0) is 0 Å². The molecule has 1 amide bonds. The number of carbonyl (C=O) groups excluding carboxylic acids is 1. The third-order valence-electron chi connectivity index (χ3n) is 4.04. The van der Waals surface area contributed by atoms with E-state index in [1.54, 1.807) is 18.2 Å². The first kappa shape index (κ1) is 17.6. The summed E-state index contributed by atoms with van der Waals surface area (Å²) in [6, 6.07) is 7.79. The molecule has 0 aliphatic carbocycles. The van der Waals surface area contributed by atoms with Crippen LogP contribution in [0.15, 0.2) is 36.5 Å². The lowest BCUT2D eigenvalue weighted by Crippen LogP contribution is -2.48. The van der Waals surface area contributed by atoms with Gasteiger partial charge in [0.2, 0.25) is 0 Å². The highest BCUT2D eigenvalue weighted by molar-refractivity contribution is 5.92. The summed E-state index contributed by atoms with van der Waals surface area (Å²) in [4.78, 5) is 24.9. The second-order valence-corrected chi connectivity index (χ2v) is 6.28. The topological polar surface area (TPSA) is 93.3 Å². The van der Waals surface area contributed by atoms with Crippen molar-refractivity contribution in [3.05, 3.63) is 52.3 Å². The van der Waals surface area contributed by atoms with Gasteiger partial charge in [-0.3, -0.25) is 14.9 Å². The average molecular weight is 331 g/mol. The van der Waals surface area contributed by atoms with E-state index in [4.69, 9.17) is 0 Å². The molecule has 0 fully saturated rings. The fourth-order valence-electron chi connectivity index (χ4n) is 1.94.